The fourth-order valence-corrected chi connectivity index (χ4v) is 5.57. The molecule has 192 valence electrons. The van der Waals surface area contributed by atoms with Crippen LogP contribution in [0.25, 0.3) is 33.0 Å². The number of rotatable bonds is 3. The van der Waals surface area contributed by atoms with E-state index in [4.69, 9.17) is 0 Å². The highest BCUT2D eigenvalue weighted by Crippen LogP contribution is 2.46. The lowest BCUT2D eigenvalue weighted by atomic mass is 9.84. The molecule has 0 atom stereocenters. The van der Waals surface area contributed by atoms with Gasteiger partial charge in [0.1, 0.15) is 11.5 Å². The van der Waals surface area contributed by atoms with E-state index in [2.05, 4.69) is 0 Å². The maximum Gasteiger partial charge on any atom is 0.281 e. The van der Waals surface area contributed by atoms with Gasteiger partial charge in [0.25, 0.3) is 23.6 Å². The number of benzene rings is 5. The molecule has 0 spiro atoms. The minimum absolute atomic E-state index is 0.0282. The minimum atomic E-state index is -0.816. The molecule has 4 amide bonds. The van der Waals surface area contributed by atoms with E-state index in [9.17, 15) is 29.4 Å². The maximum atomic E-state index is 14.2. The van der Waals surface area contributed by atoms with Gasteiger partial charge in [0.2, 0.25) is 0 Å². The SMILES string of the molecule is O=C1c2ccccc2C(=O)N1N1C(=O)c2c(c(-c3ccc(O)cc3)c3ccccc3c2-c2ccc(O)cc2)C1=O. The fraction of sp³-hybridized carbons (Fsp3) is 0. The van der Waals surface area contributed by atoms with Crippen LogP contribution in [-0.4, -0.2) is 43.9 Å². The third-order valence-corrected chi connectivity index (χ3v) is 7.31. The Hall–Kier alpha value is -5.76. The Kier molecular flexibility index (Phi) is 4.89. The van der Waals surface area contributed by atoms with Crippen LogP contribution in [0, 0.1) is 0 Å². The van der Waals surface area contributed by atoms with Gasteiger partial charge in [-0.15, -0.1) is 0 Å². The van der Waals surface area contributed by atoms with Crippen LogP contribution in [0.15, 0.2) is 97.1 Å². The van der Waals surface area contributed by atoms with Crippen molar-refractivity contribution >= 4 is 34.4 Å². The Balaban J connectivity index is 1.55. The van der Waals surface area contributed by atoms with Crippen molar-refractivity contribution in [2.24, 2.45) is 0 Å². The lowest BCUT2D eigenvalue weighted by Gasteiger charge is -2.23. The van der Waals surface area contributed by atoms with E-state index in [1.165, 1.54) is 36.4 Å². The van der Waals surface area contributed by atoms with E-state index in [0.717, 1.165) is 0 Å². The third kappa shape index (κ3) is 3.13. The van der Waals surface area contributed by atoms with Crippen molar-refractivity contribution in [3.05, 3.63) is 119 Å². The van der Waals surface area contributed by atoms with E-state index >= 15 is 0 Å². The second kappa shape index (κ2) is 8.37. The summed E-state index contributed by atoms with van der Waals surface area (Å²) in [5.41, 5.74) is 2.28. The summed E-state index contributed by atoms with van der Waals surface area (Å²) in [6.07, 6.45) is 0. The largest absolute Gasteiger partial charge is 0.508 e. The number of phenols is 2. The molecule has 0 fully saturated rings. The fourth-order valence-electron chi connectivity index (χ4n) is 5.57. The normalized spacial score (nSPS) is 14.3. The van der Waals surface area contributed by atoms with E-state index in [0.29, 0.717) is 43.0 Å². The van der Waals surface area contributed by atoms with Gasteiger partial charge in [0.15, 0.2) is 0 Å². The zero-order chi connectivity index (χ0) is 27.7. The molecule has 5 aromatic rings. The summed E-state index contributed by atoms with van der Waals surface area (Å²) in [6.45, 7) is 0. The van der Waals surface area contributed by atoms with Crippen LogP contribution in [0.1, 0.15) is 41.4 Å². The Morgan fingerprint density at radius 3 is 1.15 bits per heavy atom. The summed E-state index contributed by atoms with van der Waals surface area (Å²) < 4.78 is 0. The number of hydrogen-bond donors (Lipinski definition) is 2. The highest BCUT2D eigenvalue weighted by Gasteiger charge is 2.51. The zero-order valence-electron chi connectivity index (χ0n) is 20.7. The highest BCUT2D eigenvalue weighted by molar-refractivity contribution is 6.34. The molecule has 0 aromatic heterocycles. The first-order valence-corrected chi connectivity index (χ1v) is 12.4. The minimum Gasteiger partial charge on any atom is -0.508 e. The van der Waals surface area contributed by atoms with E-state index in [1.807, 2.05) is 24.3 Å². The Morgan fingerprint density at radius 1 is 0.400 bits per heavy atom. The van der Waals surface area contributed by atoms with E-state index in [-0.39, 0.29) is 33.8 Å². The van der Waals surface area contributed by atoms with Gasteiger partial charge in [0.05, 0.1) is 22.3 Å². The number of imide groups is 2. The second-order valence-corrected chi connectivity index (χ2v) is 9.53. The molecule has 7 rings (SSSR count). The van der Waals surface area contributed by atoms with Gasteiger partial charge in [-0.25, -0.2) is 0 Å². The third-order valence-electron chi connectivity index (χ3n) is 7.31. The number of phenolic OH excluding ortho intramolecular Hbond substituents is 2. The smallest absolute Gasteiger partial charge is 0.281 e. The van der Waals surface area contributed by atoms with Gasteiger partial charge >= 0.3 is 0 Å². The standard InChI is InChI=1S/C32H18N2O6/c35-19-13-9-17(10-14-19)25-21-5-1-2-6-22(21)26(18-11-15-20(36)16-12-18)28-27(25)31(39)34(32(28)40)33-29(37)23-7-3-4-8-24(23)30(33)38/h1-16,35-36H. The summed E-state index contributed by atoms with van der Waals surface area (Å²) in [4.78, 5) is 55.2. The molecular weight excluding hydrogens is 508 g/mol. The molecule has 0 aliphatic carbocycles. The number of nitrogens with zero attached hydrogens (tertiary/aromatic N) is 2. The van der Waals surface area contributed by atoms with Crippen LogP contribution in [0.5, 0.6) is 11.5 Å². The number of hydrazine groups is 1. The van der Waals surface area contributed by atoms with Gasteiger partial charge in [-0.2, -0.15) is 10.0 Å². The first-order valence-electron chi connectivity index (χ1n) is 12.4. The number of hydrogen-bond acceptors (Lipinski definition) is 6. The molecule has 40 heavy (non-hydrogen) atoms. The molecule has 8 nitrogen and oxygen atoms in total. The van der Waals surface area contributed by atoms with E-state index in [1.54, 1.807) is 36.4 Å². The molecule has 0 saturated carbocycles. The lowest BCUT2D eigenvalue weighted by Crippen LogP contribution is -2.49. The lowest BCUT2D eigenvalue weighted by molar-refractivity contribution is 0.00848. The van der Waals surface area contributed by atoms with E-state index < -0.39 is 23.6 Å². The summed E-state index contributed by atoms with van der Waals surface area (Å²) in [7, 11) is 0. The Morgan fingerprint density at radius 2 is 0.750 bits per heavy atom. The predicted octanol–water partition coefficient (Wildman–Crippen LogP) is 5.39. The van der Waals surface area contributed by atoms with Crippen molar-refractivity contribution in [1.82, 2.24) is 10.0 Å². The van der Waals surface area contributed by atoms with Gasteiger partial charge in [-0.05, 0) is 58.3 Å². The van der Waals surface area contributed by atoms with Crippen LogP contribution in [-0.2, 0) is 0 Å². The molecule has 0 unspecified atom stereocenters. The summed E-state index contributed by atoms with van der Waals surface area (Å²) >= 11 is 0. The summed E-state index contributed by atoms with van der Waals surface area (Å²) in [5, 5.41) is 22.4. The van der Waals surface area contributed by atoms with Gasteiger partial charge < -0.3 is 10.2 Å². The number of amides is 4. The molecular formula is C32H18N2O6. The second-order valence-electron chi connectivity index (χ2n) is 9.53. The van der Waals surface area contributed by atoms with Crippen molar-refractivity contribution < 1.29 is 29.4 Å². The van der Waals surface area contributed by atoms with Crippen molar-refractivity contribution in [3.8, 4) is 33.8 Å². The first kappa shape index (κ1) is 23.4. The predicted molar refractivity (Wildman–Crippen MR) is 146 cm³/mol. The quantitative estimate of drug-likeness (QED) is 0.305. The van der Waals surface area contributed by atoms with Gasteiger partial charge in [0, 0.05) is 11.1 Å². The monoisotopic (exact) mass is 526 g/mol. The zero-order valence-corrected chi connectivity index (χ0v) is 20.7. The molecule has 2 aliphatic heterocycles. The number of carbonyl (C=O) groups is 4. The first-order chi connectivity index (χ1) is 19.4. The van der Waals surface area contributed by atoms with Crippen LogP contribution >= 0.6 is 0 Å². The number of fused-ring (bicyclic) bond motifs is 3. The van der Waals surface area contributed by atoms with Crippen molar-refractivity contribution in [2.75, 3.05) is 0 Å². The number of aromatic hydroxyl groups is 2. The molecule has 0 radical (unpaired) electrons. The molecule has 8 heteroatoms. The van der Waals surface area contributed by atoms with Gasteiger partial charge in [-0.1, -0.05) is 60.7 Å². The molecule has 0 saturated heterocycles. The average molecular weight is 527 g/mol. The summed E-state index contributed by atoms with van der Waals surface area (Å²) in [5.74, 6) is -3.11. The highest BCUT2D eigenvalue weighted by atomic mass is 16.3. The number of carbonyl (C=O) groups excluding carboxylic acids is 4. The van der Waals surface area contributed by atoms with Crippen molar-refractivity contribution in [2.45, 2.75) is 0 Å². The van der Waals surface area contributed by atoms with Gasteiger partial charge in [-0.3, -0.25) is 19.2 Å². The van der Waals surface area contributed by atoms with Crippen LogP contribution in [0.2, 0.25) is 0 Å². The van der Waals surface area contributed by atoms with Crippen LogP contribution < -0.4 is 0 Å². The topological polar surface area (TPSA) is 115 Å². The molecule has 5 aromatic carbocycles. The molecule has 2 N–H and O–H groups in total. The molecule has 2 heterocycles. The van der Waals surface area contributed by atoms with Crippen LogP contribution in [0.4, 0.5) is 0 Å². The Bertz CT molecular complexity index is 1810. The molecule has 2 aliphatic rings. The molecule has 0 bridgehead atoms. The maximum absolute atomic E-state index is 14.2. The average Bonchev–Trinajstić information content (AvgIpc) is 3.36. The van der Waals surface area contributed by atoms with Crippen molar-refractivity contribution in [3.63, 3.8) is 0 Å². The van der Waals surface area contributed by atoms with Crippen molar-refractivity contribution in [1.29, 1.82) is 0 Å². The Labute approximate surface area is 226 Å². The van der Waals surface area contributed by atoms with Crippen LogP contribution in [0.3, 0.4) is 0 Å². The summed E-state index contributed by atoms with van der Waals surface area (Å²) in [6, 6.07) is 25.9.